The second-order valence-corrected chi connectivity index (χ2v) is 6.62. The lowest BCUT2D eigenvalue weighted by molar-refractivity contribution is -0.130. The van der Waals surface area contributed by atoms with E-state index in [1.165, 1.54) is 13.0 Å². The van der Waals surface area contributed by atoms with Crippen molar-refractivity contribution in [3.8, 4) is 5.75 Å². The summed E-state index contributed by atoms with van der Waals surface area (Å²) in [5.41, 5.74) is 1.75. The molecular weight excluding hydrogens is 347 g/mol. The van der Waals surface area contributed by atoms with E-state index in [4.69, 9.17) is 4.74 Å². The van der Waals surface area contributed by atoms with E-state index in [1.54, 1.807) is 24.1 Å². The van der Waals surface area contributed by atoms with E-state index in [0.717, 1.165) is 11.3 Å². The van der Waals surface area contributed by atoms with Crippen LogP contribution in [-0.2, 0) is 11.2 Å². The highest BCUT2D eigenvalue weighted by molar-refractivity contribution is 5.94. The van der Waals surface area contributed by atoms with Crippen molar-refractivity contribution in [3.63, 3.8) is 0 Å². The Kier molecular flexibility index (Phi) is 5.74. The van der Waals surface area contributed by atoms with Crippen LogP contribution in [0.4, 0.5) is 10.1 Å². The standard InChI is InChI=1S/C21H23FN2O3/c1-15(25)17-6-7-20(19(22)14-17)23-8-10-24(11-9-23)21(26)13-16-4-3-5-18(12-16)27-2/h3-7,12,14H,8-11,13H2,1-2H3. The number of anilines is 1. The number of piperazine rings is 1. The van der Waals surface area contributed by atoms with Crippen molar-refractivity contribution < 1.29 is 18.7 Å². The Hall–Kier alpha value is -2.89. The first-order valence-electron chi connectivity index (χ1n) is 8.94. The van der Waals surface area contributed by atoms with E-state index in [-0.39, 0.29) is 11.7 Å². The lowest BCUT2D eigenvalue weighted by Crippen LogP contribution is -2.49. The predicted octanol–water partition coefficient (Wildman–Crippen LogP) is 2.93. The SMILES string of the molecule is COc1cccc(CC(=O)N2CCN(c3ccc(C(C)=O)cc3F)CC2)c1. The summed E-state index contributed by atoms with van der Waals surface area (Å²) in [4.78, 5) is 27.6. The van der Waals surface area contributed by atoms with Crippen molar-refractivity contribution in [1.29, 1.82) is 0 Å². The Balaban J connectivity index is 1.60. The third-order valence-corrected chi connectivity index (χ3v) is 4.82. The number of ether oxygens (including phenoxy) is 1. The molecule has 0 saturated carbocycles. The molecule has 1 amide bonds. The highest BCUT2D eigenvalue weighted by Crippen LogP contribution is 2.23. The van der Waals surface area contributed by atoms with Crippen LogP contribution in [0.15, 0.2) is 42.5 Å². The van der Waals surface area contributed by atoms with Crippen LogP contribution in [0.3, 0.4) is 0 Å². The van der Waals surface area contributed by atoms with Gasteiger partial charge in [0.2, 0.25) is 5.91 Å². The molecule has 0 aliphatic carbocycles. The molecule has 142 valence electrons. The number of methoxy groups -OCH3 is 1. The van der Waals surface area contributed by atoms with Gasteiger partial charge in [-0.3, -0.25) is 9.59 Å². The zero-order valence-corrected chi connectivity index (χ0v) is 15.6. The van der Waals surface area contributed by atoms with Crippen LogP contribution in [0.2, 0.25) is 0 Å². The molecule has 1 saturated heterocycles. The van der Waals surface area contributed by atoms with Crippen molar-refractivity contribution in [3.05, 3.63) is 59.4 Å². The summed E-state index contributed by atoms with van der Waals surface area (Å²) < 4.78 is 19.5. The van der Waals surface area contributed by atoms with Gasteiger partial charge in [-0.15, -0.1) is 0 Å². The van der Waals surface area contributed by atoms with Crippen LogP contribution in [0.1, 0.15) is 22.8 Å². The molecule has 3 rings (SSSR count). The topological polar surface area (TPSA) is 49.9 Å². The van der Waals surface area contributed by atoms with Gasteiger partial charge in [0.05, 0.1) is 19.2 Å². The van der Waals surface area contributed by atoms with Gasteiger partial charge in [-0.1, -0.05) is 12.1 Å². The number of nitrogens with zero attached hydrogens (tertiary/aromatic N) is 2. The van der Waals surface area contributed by atoms with Gasteiger partial charge in [0.25, 0.3) is 0 Å². The molecule has 0 bridgehead atoms. The molecule has 0 aromatic heterocycles. The first-order valence-corrected chi connectivity index (χ1v) is 8.94. The Morgan fingerprint density at radius 2 is 1.81 bits per heavy atom. The fourth-order valence-electron chi connectivity index (χ4n) is 3.25. The Morgan fingerprint density at radius 1 is 1.07 bits per heavy atom. The maximum Gasteiger partial charge on any atom is 0.227 e. The molecule has 2 aromatic carbocycles. The van der Waals surface area contributed by atoms with E-state index in [2.05, 4.69) is 0 Å². The number of hydrogen-bond acceptors (Lipinski definition) is 4. The van der Waals surface area contributed by atoms with Crippen LogP contribution < -0.4 is 9.64 Å². The van der Waals surface area contributed by atoms with Gasteiger partial charge in [-0.05, 0) is 42.8 Å². The van der Waals surface area contributed by atoms with E-state index in [1.807, 2.05) is 29.2 Å². The molecule has 0 radical (unpaired) electrons. The summed E-state index contributed by atoms with van der Waals surface area (Å²) in [5.74, 6) is 0.220. The molecule has 5 nitrogen and oxygen atoms in total. The van der Waals surface area contributed by atoms with E-state index in [9.17, 15) is 14.0 Å². The minimum atomic E-state index is -0.404. The first kappa shape index (κ1) is 18.9. The van der Waals surface area contributed by atoms with Crippen LogP contribution in [0, 0.1) is 5.82 Å². The molecule has 27 heavy (non-hydrogen) atoms. The maximum absolute atomic E-state index is 14.3. The van der Waals surface area contributed by atoms with Gasteiger partial charge in [0, 0.05) is 31.7 Å². The Labute approximate surface area is 158 Å². The third-order valence-electron chi connectivity index (χ3n) is 4.82. The number of carbonyl (C=O) groups is 2. The Morgan fingerprint density at radius 3 is 2.44 bits per heavy atom. The summed E-state index contributed by atoms with van der Waals surface area (Å²) in [6.45, 7) is 3.61. The third kappa shape index (κ3) is 4.45. The second-order valence-electron chi connectivity index (χ2n) is 6.62. The number of carbonyl (C=O) groups excluding carboxylic acids is 2. The normalized spacial score (nSPS) is 14.2. The minimum Gasteiger partial charge on any atom is -0.497 e. The largest absolute Gasteiger partial charge is 0.497 e. The van der Waals surface area contributed by atoms with Crippen molar-refractivity contribution in [1.82, 2.24) is 4.90 Å². The van der Waals surface area contributed by atoms with Crippen LogP contribution in [-0.4, -0.2) is 49.9 Å². The number of halogens is 1. The summed E-state index contributed by atoms with van der Waals surface area (Å²) >= 11 is 0. The van der Waals surface area contributed by atoms with Gasteiger partial charge in [-0.25, -0.2) is 4.39 Å². The van der Waals surface area contributed by atoms with Gasteiger partial charge in [0.1, 0.15) is 11.6 Å². The molecule has 1 aliphatic heterocycles. The molecule has 1 aliphatic rings. The van der Waals surface area contributed by atoms with E-state index in [0.29, 0.717) is 43.9 Å². The number of ketones is 1. The van der Waals surface area contributed by atoms with Gasteiger partial charge in [0.15, 0.2) is 5.78 Å². The molecular formula is C21H23FN2O3. The quantitative estimate of drug-likeness (QED) is 0.760. The number of hydrogen-bond donors (Lipinski definition) is 0. The van der Waals surface area contributed by atoms with Gasteiger partial charge < -0.3 is 14.5 Å². The van der Waals surface area contributed by atoms with Crippen molar-refractivity contribution in [2.24, 2.45) is 0 Å². The van der Waals surface area contributed by atoms with Crippen LogP contribution in [0.25, 0.3) is 0 Å². The first-order chi connectivity index (χ1) is 13.0. The average molecular weight is 370 g/mol. The fourth-order valence-corrected chi connectivity index (χ4v) is 3.25. The molecule has 0 atom stereocenters. The fraction of sp³-hybridized carbons (Fsp3) is 0.333. The van der Waals surface area contributed by atoms with Crippen molar-refractivity contribution in [2.75, 3.05) is 38.2 Å². The lowest BCUT2D eigenvalue weighted by Gasteiger charge is -2.36. The second kappa shape index (κ2) is 8.20. The minimum absolute atomic E-state index is 0.0512. The molecule has 2 aromatic rings. The van der Waals surface area contributed by atoms with E-state index < -0.39 is 5.82 Å². The predicted molar refractivity (Wildman–Crippen MR) is 102 cm³/mol. The highest BCUT2D eigenvalue weighted by atomic mass is 19.1. The zero-order valence-electron chi connectivity index (χ0n) is 15.6. The molecule has 0 spiro atoms. The molecule has 1 heterocycles. The maximum atomic E-state index is 14.3. The van der Waals surface area contributed by atoms with Crippen molar-refractivity contribution in [2.45, 2.75) is 13.3 Å². The number of amides is 1. The molecule has 0 unspecified atom stereocenters. The lowest BCUT2D eigenvalue weighted by atomic mass is 10.1. The van der Waals surface area contributed by atoms with Crippen LogP contribution >= 0.6 is 0 Å². The monoisotopic (exact) mass is 370 g/mol. The highest BCUT2D eigenvalue weighted by Gasteiger charge is 2.23. The summed E-state index contributed by atoms with van der Waals surface area (Å²) in [6, 6.07) is 12.0. The summed E-state index contributed by atoms with van der Waals surface area (Å²) in [7, 11) is 1.60. The molecule has 0 N–H and O–H groups in total. The summed E-state index contributed by atoms with van der Waals surface area (Å²) in [5, 5.41) is 0. The van der Waals surface area contributed by atoms with E-state index >= 15 is 0 Å². The summed E-state index contributed by atoms with van der Waals surface area (Å²) in [6.07, 6.45) is 0.318. The number of benzene rings is 2. The zero-order chi connectivity index (χ0) is 19.4. The van der Waals surface area contributed by atoms with Crippen molar-refractivity contribution >= 4 is 17.4 Å². The van der Waals surface area contributed by atoms with Gasteiger partial charge in [-0.2, -0.15) is 0 Å². The van der Waals surface area contributed by atoms with Gasteiger partial charge >= 0.3 is 0 Å². The number of rotatable bonds is 5. The molecule has 1 fully saturated rings. The smallest absolute Gasteiger partial charge is 0.227 e. The van der Waals surface area contributed by atoms with Crippen LogP contribution in [0.5, 0.6) is 5.75 Å². The number of Topliss-reactive ketones (excluding diaryl/α,β-unsaturated/α-hetero) is 1. The molecule has 6 heteroatoms. The Bertz CT molecular complexity index is 845. The average Bonchev–Trinajstić information content (AvgIpc) is 2.68.